The van der Waals surface area contributed by atoms with Gasteiger partial charge in [-0.2, -0.15) is 0 Å². The maximum atomic E-state index is 13.1. The van der Waals surface area contributed by atoms with Gasteiger partial charge in [0.1, 0.15) is 10.7 Å². The molecule has 0 atom stereocenters. The van der Waals surface area contributed by atoms with Crippen molar-refractivity contribution in [1.82, 2.24) is 24.1 Å². The van der Waals surface area contributed by atoms with Gasteiger partial charge in [-0.3, -0.25) is 4.98 Å². The highest BCUT2D eigenvalue weighted by molar-refractivity contribution is 7.18. The Labute approximate surface area is 155 Å². The van der Waals surface area contributed by atoms with E-state index in [2.05, 4.69) is 32.7 Å². The molecule has 4 heterocycles. The number of thiophene rings is 1. The van der Waals surface area contributed by atoms with E-state index >= 15 is 0 Å². The molecule has 7 heteroatoms. The minimum Gasteiger partial charge on any atom is -0.264 e. The zero-order chi connectivity index (χ0) is 18.4. The summed E-state index contributed by atoms with van der Waals surface area (Å²) in [5.74, 6) is 0.891. The van der Waals surface area contributed by atoms with Crippen molar-refractivity contribution in [2.24, 2.45) is 0 Å². The predicted molar refractivity (Wildman–Crippen MR) is 104 cm³/mol. The van der Waals surface area contributed by atoms with Crippen LogP contribution >= 0.6 is 11.3 Å². The molecule has 0 N–H and O–H groups in total. The number of hydrogen-bond acceptors (Lipinski definition) is 5. The number of aryl methyl sites for hydroxylation is 2. The second-order valence-electron chi connectivity index (χ2n) is 6.76. The average Bonchev–Trinajstić information content (AvgIpc) is 3.11. The van der Waals surface area contributed by atoms with Crippen LogP contribution in [0, 0.1) is 6.92 Å². The molecule has 4 aromatic heterocycles. The van der Waals surface area contributed by atoms with Crippen molar-refractivity contribution >= 4 is 27.2 Å². The molecule has 6 nitrogen and oxygen atoms in total. The molecule has 0 bridgehead atoms. The fourth-order valence-corrected chi connectivity index (χ4v) is 4.50. The van der Waals surface area contributed by atoms with E-state index in [-0.39, 0.29) is 11.6 Å². The Kier molecular flexibility index (Phi) is 4.11. The monoisotopic (exact) mass is 367 g/mol. The molecule has 0 saturated carbocycles. The molecule has 0 aliphatic carbocycles. The van der Waals surface area contributed by atoms with Crippen molar-refractivity contribution < 1.29 is 0 Å². The molecule has 4 aromatic rings. The first-order valence-corrected chi connectivity index (χ1v) is 9.63. The molecule has 0 aromatic carbocycles. The summed E-state index contributed by atoms with van der Waals surface area (Å²) in [6.45, 7) is 8.75. The number of aromatic nitrogens is 5. The average molecular weight is 367 g/mol. The summed E-state index contributed by atoms with van der Waals surface area (Å²) in [6.07, 6.45) is 4.38. The van der Waals surface area contributed by atoms with E-state index in [0.29, 0.717) is 12.2 Å². The van der Waals surface area contributed by atoms with Gasteiger partial charge in [0.25, 0.3) is 0 Å². The number of fused-ring (bicyclic) bond motifs is 3. The van der Waals surface area contributed by atoms with Crippen molar-refractivity contribution in [3.8, 4) is 0 Å². The van der Waals surface area contributed by atoms with Crippen molar-refractivity contribution in [1.29, 1.82) is 0 Å². The summed E-state index contributed by atoms with van der Waals surface area (Å²) in [7, 11) is 0. The van der Waals surface area contributed by atoms with Gasteiger partial charge >= 0.3 is 5.69 Å². The van der Waals surface area contributed by atoms with E-state index in [1.807, 2.05) is 12.1 Å². The van der Waals surface area contributed by atoms with Crippen LogP contribution in [-0.2, 0) is 13.0 Å². The van der Waals surface area contributed by atoms with Crippen LogP contribution in [0.25, 0.3) is 15.9 Å². The van der Waals surface area contributed by atoms with Crippen LogP contribution < -0.4 is 5.69 Å². The molecule has 0 aliphatic rings. The molecule has 0 saturated heterocycles. The Morgan fingerprint density at radius 3 is 2.77 bits per heavy atom. The number of rotatable bonds is 4. The van der Waals surface area contributed by atoms with E-state index in [4.69, 9.17) is 10.1 Å². The lowest BCUT2D eigenvalue weighted by atomic mass is 10.1. The van der Waals surface area contributed by atoms with Gasteiger partial charge < -0.3 is 0 Å². The van der Waals surface area contributed by atoms with Crippen molar-refractivity contribution in [2.45, 2.75) is 46.6 Å². The molecule has 0 aliphatic heterocycles. The lowest BCUT2D eigenvalue weighted by molar-refractivity contribution is 0.647. The van der Waals surface area contributed by atoms with Crippen LogP contribution in [0.4, 0.5) is 0 Å². The summed E-state index contributed by atoms with van der Waals surface area (Å²) >= 11 is 1.68. The summed E-state index contributed by atoms with van der Waals surface area (Å²) in [6, 6.07) is 3.82. The Morgan fingerprint density at radius 1 is 1.31 bits per heavy atom. The first kappa shape index (κ1) is 16.9. The van der Waals surface area contributed by atoms with Gasteiger partial charge in [0.05, 0.1) is 11.9 Å². The first-order chi connectivity index (χ1) is 12.5. The molecule has 0 unspecified atom stereocenters. The molecule has 4 rings (SSSR count). The van der Waals surface area contributed by atoms with Gasteiger partial charge in [0, 0.05) is 23.2 Å². The Hall–Kier alpha value is -2.54. The smallest absolute Gasteiger partial charge is 0.264 e. The van der Waals surface area contributed by atoms with Gasteiger partial charge in [-0.1, -0.05) is 26.8 Å². The van der Waals surface area contributed by atoms with Crippen molar-refractivity contribution in [3.05, 3.63) is 56.8 Å². The van der Waals surface area contributed by atoms with Crippen LogP contribution in [0.3, 0.4) is 0 Å². The van der Waals surface area contributed by atoms with Crippen molar-refractivity contribution in [2.75, 3.05) is 0 Å². The summed E-state index contributed by atoms with van der Waals surface area (Å²) in [5, 5.41) is 5.72. The van der Waals surface area contributed by atoms with Crippen LogP contribution in [0.5, 0.6) is 0 Å². The summed E-state index contributed by atoms with van der Waals surface area (Å²) in [5.41, 5.74) is 2.75. The second-order valence-corrected chi connectivity index (χ2v) is 7.96. The van der Waals surface area contributed by atoms with Crippen LogP contribution in [-0.4, -0.2) is 24.1 Å². The maximum Gasteiger partial charge on any atom is 0.352 e. The molecular formula is C19H21N5OS. The van der Waals surface area contributed by atoms with E-state index < -0.39 is 0 Å². The van der Waals surface area contributed by atoms with Gasteiger partial charge in [0.15, 0.2) is 5.65 Å². The van der Waals surface area contributed by atoms with Gasteiger partial charge in [-0.25, -0.2) is 18.9 Å². The van der Waals surface area contributed by atoms with Crippen LogP contribution in [0.1, 0.15) is 48.5 Å². The molecule has 0 radical (unpaired) electrons. The first-order valence-electron chi connectivity index (χ1n) is 8.81. The maximum absolute atomic E-state index is 13.1. The lowest BCUT2D eigenvalue weighted by Crippen LogP contribution is -2.24. The number of nitrogens with zero attached hydrogens (tertiary/aromatic N) is 5. The Morgan fingerprint density at radius 2 is 2.12 bits per heavy atom. The highest BCUT2D eigenvalue weighted by atomic mass is 32.1. The zero-order valence-corrected chi connectivity index (χ0v) is 16.2. The minimum absolute atomic E-state index is 0.128. The molecule has 0 amide bonds. The molecule has 0 fully saturated rings. The molecule has 134 valence electrons. The normalized spacial score (nSPS) is 11.9. The summed E-state index contributed by atoms with van der Waals surface area (Å²) in [4.78, 5) is 24.3. The van der Waals surface area contributed by atoms with E-state index in [0.717, 1.165) is 28.0 Å². The number of pyridine rings is 1. The van der Waals surface area contributed by atoms with E-state index in [9.17, 15) is 4.79 Å². The van der Waals surface area contributed by atoms with E-state index in [1.54, 1.807) is 28.1 Å². The van der Waals surface area contributed by atoms with Crippen LogP contribution in [0.15, 0.2) is 29.3 Å². The van der Waals surface area contributed by atoms with E-state index in [1.165, 1.54) is 15.1 Å². The third-order valence-corrected chi connectivity index (χ3v) is 5.66. The van der Waals surface area contributed by atoms with Crippen molar-refractivity contribution in [3.63, 3.8) is 0 Å². The minimum atomic E-state index is -0.146. The molecular weight excluding hydrogens is 346 g/mol. The number of hydrogen-bond donors (Lipinski definition) is 0. The lowest BCUT2D eigenvalue weighted by Gasteiger charge is -2.07. The second kappa shape index (κ2) is 6.32. The largest absolute Gasteiger partial charge is 0.352 e. The van der Waals surface area contributed by atoms with Gasteiger partial charge in [-0.15, -0.1) is 16.4 Å². The quantitative estimate of drug-likeness (QED) is 0.553. The standard InChI is InChI=1S/C19H21N5OS/c1-5-14-12(4)26-18-15(14)17-22-23(10-13-7-6-8-20-9-13)19(25)24(17)16(21-18)11(2)3/h6-9,11H,5,10H2,1-4H3. The predicted octanol–water partition coefficient (Wildman–Crippen LogP) is 3.54. The summed E-state index contributed by atoms with van der Waals surface area (Å²) < 4.78 is 3.21. The molecule has 0 spiro atoms. The third kappa shape index (κ3) is 2.54. The SMILES string of the molecule is CCc1c(C)sc2nc(C(C)C)n3c(=O)n(Cc4cccnc4)nc3c12. The van der Waals surface area contributed by atoms with Crippen LogP contribution in [0.2, 0.25) is 0 Å². The Balaban J connectivity index is 2.05. The fourth-order valence-electron chi connectivity index (χ4n) is 3.38. The molecule has 26 heavy (non-hydrogen) atoms. The topological polar surface area (TPSA) is 65.1 Å². The Bertz CT molecular complexity index is 1150. The fraction of sp³-hybridized carbons (Fsp3) is 0.368. The van der Waals surface area contributed by atoms with Gasteiger partial charge in [0.2, 0.25) is 0 Å². The van der Waals surface area contributed by atoms with Gasteiger partial charge in [-0.05, 0) is 30.5 Å². The zero-order valence-electron chi connectivity index (χ0n) is 15.4. The highest BCUT2D eigenvalue weighted by Gasteiger charge is 2.21. The third-order valence-electron chi connectivity index (χ3n) is 4.62. The highest BCUT2D eigenvalue weighted by Crippen LogP contribution is 2.33.